The molecular weight excluding hydrogens is 456 g/mol. The monoisotopic (exact) mass is 486 g/mol. The Morgan fingerprint density at radius 2 is 0.944 bits per heavy atom. The van der Waals surface area contributed by atoms with Crippen molar-refractivity contribution in [1.29, 1.82) is 0 Å². The normalized spacial score (nSPS) is 10.3. The van der Waals surface area contributed by atoms with Gasteiger partial charge in [-0.3, -0.25) is 19.2 Å². The number of amides is 4. The van der Waals surface area contributed by atoms with Crippen molar-refractivity contribution in [3.8, 4) is 0 Å². The lowest BCUT2D eigenvalue weighted by molar-refractivity contribution is -0.136. The summed E-state index contributed by atoms with van der Waals surface area (Å²) in [6.07, 6.45) is 0. The second-order valence-electron chi connectivity index (χ2n) is 8.69. The molecule has 0 saturated carbocycles. The molecule has 4 N–H and O–H groups in total. The maximum absolute atomic E-state index is 12.2. The van der Waals surface area contributed by atoms with Crippen LogP contribution in [0.5, 0.6) is 0 Å². The van der Waals surface area contributed by atoms with Crippen LogP contribution >= 0.6 is 0 Å². The zero-order valence-corrected chi connectivity index (χ0v) is 20.8. The Morgan fingerprint density at radius 1 is 0.528 bits per heavy atom. The second-order valence-corrected chi connectivity index (χ2v) is 8.69. The standard InChI is InChI=1S/C28H30N4O4/c1-17-8-10-23(12-19(17)3)31-27(35)25(33)29-15-21-6-5-7-22(14-21)16-30-26(34)28(36)32-24-11-9-18(2)20(4)13-24/h5-14H,15-16H2,1-4H3,(H,29,33)(H,30,34)(H,31,35)(H,32,36). The van der Waals surface area contributed by atoms with Crippen molar-refractivity contribution >= 4 is 35.0 Å². The fourth-order valence-electron chi connectivity index (χ4n) is 3.39. The van der Waals surface area contributed by atoms with Crippen LogP contribution in [0.25, 0.3) is 0 Å². The third-order valence-corrected chi connectivity index (χ3v) is 5.84. The van der Waals surface area contributed by atoms with E-state index in [0.717, 1.165) is 33.4 Å². The smallest absolute Gasteiger partial charge is 0.313 e. The van der Waals surface area contributed by atoms with Gasteiger partial charge in [-0.25, -0.2) is 0 Å². The number of carbonyl (C=O) groups is 4. The summed E-state index contributed by atoms with van der Waals surface area (Å²) >= 11 is 0. The molecule has 0 aromatic heterocycles. The van der Waals surface area contributed by atoms with Gasteiger partial charge < -0.3 is 21.3 Å². The molecule has 0 aliphatic rings. The predicted molar refractivity (Wildman–Crippen MR) is 139 cm³/mol. The van der Waals surface area contributed by atoms with Gasteiger partial charge in [0.2, 0.25) is 0 Å². The van der Waals surface area contributed by atoms with Crippen molar-refractivity contribution in [2.24, 2.45) is 0 Å². The van der Waals surface area contributed by atoms with Gasteiger partial charge in [0.15, 0.2) is 0 Å². The van der Waals surface area contributed by atoms with Crippen LogP contribution < -0.4 is 21.3 Å². The van der Waals surface area contributed by atoms with Gasteiger partial charge in [0.1, 0.15) is 0 Å². The van der Waals surface area contributed by atoms with Crippen molar-refractivity contribution in [3.63, 3.8) is 0 Å². The molecule has 0 radical (unpaired) electrons. The van der Waals surface area contributed by atoms with E-state index in [1.165, 1.54) is 0 Å². The zero-order chi connectivity index (χ0) is 26.2. The molecule has 3 aromatic rings. The van der Waals surface area contributed by atoms with Crippen molar-refractivity contribution in [2.45, 2.75) is 40.8 Å². The summed E-state index contributed by atoms with van der Waals surface area (Å²) in [6, 6.07) is 18.0. The highest BCUT2D eigenvalue weighted by atomic mass is 16.2. The lowest BCUT2D eigenvalue weighted by atomic mass is 10.1. The minimum Gasteiger partial charge on any atom is -0.344 e. The summed E-state index contributed by atoms with van der Waals surface area (Å²) in [5, 5.41) is 10.4. The van der Waals surface area contributed by atoms with Crippen LogP contribution in [0.1, 0.15) is 33.4 Å². The van der Waals surface area contributed by atoms with Gasteiger partial charge in [-0.15, -0.1) is 0 Å². The second kappa shape index (κ2) is 11.8. The maximum Gasteiger partial charge on any atom is 0.313 e. The van der Waals surface area contributed by atoms with Gasteiger partial charge in [0, 0.05) is 24.5 Å². The topological polar surface area (TPSA) is 116 Å². The average Bonchev–Trinajstić information content (AvgIpc) is 2.85. The van der Waals surface area contributed by atoms with Gasteiger partial charge in [-0.2, -0.15) is 0 Å². The van der Waals surface area contributed by atoms with Gasteiger partial charge in [0.05, 0.1) is 0 Å². The SMILES string of the molecule is Cc1ccc(NC(=O)C(=O)NCc2cccc(CNC(=O)C(=O)Nc3ccc(C)c(C)c3)c2)cc1C. The minimum absolute atomic E-state index is 0.133. The number of aryl methyl sites for hydroxylation is 4. The Labute approximate surface area is 210 Å². The fourth-order valence-corrected chi connectivity index (χ4v) is 3.39. The molecule has 0 bridgehead atoms. The molecule has 186 valence electrons. The Bertz CT molecular complexity index is 1220. The first-order valence-electron chi connectivity index (χ1n) is 11.5. The van der Waals surface area contributed by atoms with Crippen LogP contribution in [-0.2, 0) is 32.3 Å². The lowest BCUT2D eigenvalue weighted by Gasteiger charge is -2.10. The van der Waals surface area contributed by atoms with Gasteiger partial charge in [0.25, 0.3) is 0 Å². The Morgan fingerprint density at radius 3 is 1.33 bits per heavy atom. The Hall–Kier alpha value is -4.46. The molecule has 8 heteroatoms. The molecule has 0 unspecified atom stereocenters. The van der Waals surface area contributed by atoms with Crippen LogP contribution in [0.15, 0.2) is 60.7 Å². The Balaban J connectivity index is 1.48. The molecule has 0 aliphatic heterocycles. The third kappa shape index (κ3) is 7.27. The first kappa shape index (κ1) is 26.2. The summed E-state index contributed by atoms with van der Waals surface area (Å²) < 4.78 is 0. The van der Waals surface area contributed by atoms with Crippen LogP contribution in [0, 0.1) is 27.7 Å². The molecule has 36 heavy (non-hydrogen) atoms. The quantitative estimate of drug-likeness (QED) is 0.400. The van der Waals surface area contributed by atoms with Gasteiger partial charge in [-0.1, -0.05) is 36.4 Å². The molecule has 0 atom stereocenters. The summed E-state index contributed by atoms with van der Waals surface area (Å²) in [6.45, 7) is 8.06. The van der Waals surface area contributed by atoms with Crippen molar-refractivity contribution in [3.05, 3.63) is 94.0 Å². The Kier molecular flexibility index (Phi) is 8.57. The highest BCUT2D eigenvalue weighted by Gasteiger charge is 2.15. The molecule has 0 fully saturated rings. The minimum atomic E-state index is -0.755. The molecule has 4 amide bonds. The zero-order valence-electron chi connectivity index (χ0n) is 20.8. The number of anilines is 2. The summed E-state index contributed by atoms with van der Waals surface area (Å²) in [4.78, 5) is 48.8. The largest absolute Gasteiger partial charge is 0.344 e. The molecule has 0 aliphatic carbocycles. The van der Waals surface area contributed by atoms with E-state index in [-0.39, 0.29) is 13.1 Å². The summed E-state index contributed by atoms with van der Waals surface area (Å²) in [7, 11) is 0. The van der Waals surface area contributed by atoms with E-state index < -0.39 is 23.6 Å². The van der Waals surface area contributed by atoms with Gasteiger partial charge in [-0.05, 0) is 85.3 Å². The first-order valence-corrected chi connectivity index (χ1v) is 11.5. The average molecular weight is 487 g/mol. The molecule has 3 rings (SSSR count). The third-order valence-electron chi connectivity index (χ3n) is 5.84. The highest BCUT2D eigenvalue weighted by molar-refractivity contribution is 6.40. The molecule has 0 heterocycles. The number of carbonyl (C=O) groups excluding carboxylic acids is 4. The van der Waals surface area contributed by atoms with E-state index in [1.54, 1.807) is 48.5 Å². The molecular formula is C28H30N4O4. The number of hydrogen-bond acceptors (Lipinski definition) is 4. The lowest BCUT2D eigenvalue weighted by Crippen LogP contribution is -2.35. The molecule has 0 spiro atoms. The summed E-state index contributed by atoms with van der Waals surface area (Å²) in [5.41, 5.74) is 6.81. The van der Waals surface area contributed by atoms with E-state index >= 15 is 0 Å². The van der Waals surface area contributed by atoms with Crippen LogP contribution in [-0.4, -0.2) is 23.6 Å². The molecule has 0 saturated heterocycles. The number of nitrogens with one attached hydrogen (secondary N) is 4. The van der Waals surface area contributed by atoms with Crippen LogP contribution in [0.4, 0.5) is 11.4 Å². The fraction of sp³-hybridized carbons (Fsp3) is 0.214. The van der Waals surface area contributed by atoms with E-state index in [2.05, 4.69) is 21.3 Å². The van der Waals surface area contributed by atoms with E-state index in [9.17, 15) is 19.2 Å². The number of benzene rings is 3. The van der Waals surface area contributed by atoms with Crippen molar-refractivity contribution in [2.75, 3.05) is 10.6 Å². The summed E-state index contributed by atoms with van der Waals surface area (Å²) in [5.74, 6) is -3.02. The highest BCUT2D eigenvalue weighted by Crippen LogP contribution is 2.15. The van der Waals surface area contributed by atoms with Gasteiger partial charge >= 0.3 is 23.6 Å². The van der Waals surface area contributed by atoms with Crippen molar-refractivity contribution in [1.82, 2.24) is 10.6 Å². The molecule has 3 aromatic carbocycles. The van der Waals surface area contributed by atoms with Crippen LogP contribution in [0.3, 0.4) is 0 Å². The number of rotatable bonds is 6. The first-order chi connectivity index (χ1) is 17.1. The van der Waals surface area contributed by atoms with Crippen LogP contribution in [0.2, 0.25) is 0 Å². The number of hydrogen-bond donors (Lipinski definition) is 4. The van der Waals surface area contributed by atoms with E-state index in [1.807, 2.05) is 39.8 Å². The van der Waals surface area contributed by atoms with E-state index in [0.29, 0.717) is 11.4 Å². The van der Waals surface area contributed by atoms with Crippen molar-refractivity contribution < 1.29 is 19.2 Å². The van der Waals surface area contributed by atoms with E-state index in [4.69, 9.17) is 0 Å². The predicted octanol–water partition coefficient (Wildman–Crippen LogP) is 3.43. The molecule has 8 nitrogen and oxygen atoms in total. The maximum atomic E-state index is 12.2.